The molecule has 0 saturated carbocycles. The quantitative estimate of drug-likeness (QED) is 0.784. The van der Waals surface area contributed by atoms with Crippen molar-refractivity contribution in [1.29, 1.82) is 5.26 Å². The van der Waals surface area contributed by atoms with Crippen LogP contribution in [0.15, 0.2) is 18.2 Å². The van der Waals surface area contributed by atoms with E-state index in [1.807, 2.05) is 6.07 Å². The summed E-state index contributed by atoms with van der Waals surface area (Å²) in [4.78, 5) is 4.94. The summed E-state index contributed by atoms with van der Waals surface area (Å²) in [5, 5.41) is 9.26. The van der Waals surface area contributed by atoms with Crippen molar-refractivity contribution >= 4 is 10.9 Å². The van der Waals surface area contributed by atoms with Crippen LogP contribution < -0.4 is 4.84 Å². The molecule has 0 N–H and O–H groups in total. The molecule has 0 atom stereocenters. The largest absolute Gasteiger partial charge is 0.418 e. The first kappa shape index (κ1) is 12.3. The zero-order valence-electron chi connectivity index (χ0n) is 9.67. The van der Waals surface area contributed by atoms with E-state index in [0.717, 1.165) is 10.8 Å². The van der Waals surface area contributed by atoms with Gasteiger partial charge in [0, 0.05) is 5.39 Å². The second-order valence-electron chi connectivity index (χ2n) is 3.75. The number of fused-ring (bicyclic) bond motifs is 1. The Kier molecular flexibility index (Phi) is 2.70. The lowest BCUT2D eigenvalue weighted by atomic mass is 10.1. The third kappa shape index (κ3) is 1.59. The highest BCUT2D eigenvalue weighted by molar-refractivity contribution is 5.90. The van der Waals surface area contributed by atoms with Crippen molar-refractivity contribution in [2.24, 2.45) is 0 Å². The van der Waals surface area contributed by atoms with E-state index in [4.69, 9.17) is 10.1 Å². The predicted octanol–water partition coefficient (Wildman–Crippen LogP) is 2.90. The topological polar surface area (TPSA) is 38.0 Å². The van der Waals surface area contributed by atoms with Gasteiger partial charge in [0.1, 0.15) is 18.7 Å². The number of hydrogen-bond acceptors (Lipinski definition) is 2. The zero-order chi connectivity index (χ0) is 13.5. The van der Waals surface area contributed by atoms with E-state index in [2.05, 4.69) is 0 Å². The molecule has 6 heteroatoms. The summed E-state index contributed by atoms with van der Waals surface area (Å²) in [6, 6.07) is 5.64. The monoisotopic (exact) mass is 254 g/mol. The molecule has 0 bridgehead atoms. The highest BCUT2D eigenvalue weighted by Crippen LogP contribution is 2.37. The van der Waals surface area contributed by atoms with Crippen molar-refractivity contribution in [3.8, 4) is 6.07 Å². The van der Waals surface area contributed by atoms with Crippen LogP contribution in [0.2, 0.25) is 0 Å². The fourth-order valence-corrected chi connectivity index (χ4v) is 2.03. The van der Waals surface area contributed by atoms with E-state index in [9.17, 15) is 13.2 Å². The third-order valence-electron chi connectivity index (χ3n) is 2.77. The minimum absolute atomic E-state index is 0.124. The minimum atomic E-state index is -4.49. The van der Waals surface area contributed by atoms with Crippen molar-refractivity contribution in [2.45, 2.75) is 13.1 Å². The number of benzene rings is 1. The van der Waals surface area contributed by atoms with Crippen molar-refractivity contribution in [2.75, 3.05) is 7.11 Å². The standard InChI is InChI=1S/C12H9F3N2O/c1-7-9(6-16)8-4-3-5-10(12(13,14)15)11(8)17(7)18-2/h3-5H,1-2H3. The van der Waals surface area contributed by atoms with Crippen LogP contribution in [0.5, 0.6) is 0 Å². The lowest BCUT2D eigenvalue weighted by molar-refractivity contribution is -0.136. The van der Waals surface area contributed by atoms with Gasteiger partial charge in [-0.3, -0.25) is 0 Å². The fourth-order valence-electron chi connectivity index (χ4n) is 2.03. The third-order valence-corrected chi connectivity index (χ3v) is 2.77. The highest BCUT2D eigenvalue weighted by atomic mass is 19.4. The number of hydrogen-bond donors (Lipinski definition) is 0. The molecule has 1 heterocycles. The van der Waals surface area contributed by atoms with Crippen molar-refractivity contribution in [3.05, 3.63) is 35.0 Å². The Labute approximate surface area is 101 Å². The molecule has 1 aromatic heterocycles. The van der Waals surface area contributed by atoms with Gasteiger partial charge in [-0.15, -0.1) is 0 Å². The summed E-state index contributed by atoms with van der Waals surface area (Å²) in [5.41, 5.74) is -0.391. The lowest BCUT2D eigenvalue weighted by Crippen LogP contribution is -2.12. The molecule has 2 aromatic rings. The summed E-state index contributed by atoms with van der Waals surface area (Å²) in [5.74, 6) is 0. The number of para-hydroxylation sites is 1. The summed E-state index contributed by atoms with van der Waals surface area (Å²) < 4.78 is 39.8. The van der Waals surface area contributed by atoms with Gasteiger partial charge in [0.05, 0.1) is 16.8 Å². The summed E-state index contributed by atoms with van der Waals surface area (Å²) in [6.45, 7) is 1.54. The Morgan fingerprint density at radius 3 is 2.50 bits per heavy atom. The molecule has 0 aliphatic carbocycles. The first-order valence-corrected chi connectivity index (χ1v) is 5.07. The average molecular weight is 254 g/mol. The molecule has 3 nitrogen and oxygen atoms in total. The van der Waals surface area contributed by atoms with Crippen LogP contribution in [0.4, 0.5) is 13.2 Å². The van der Waals surface area contributed by atoms with Gasteiger partial charge in [-0.1, -0.05) is 12.1 Å². The molecule has 1 aromatic carbocycles. The molecule has 2 rings (SSSR count). The van der Waals surface area contributed by atoms with Gasteiger partial charge in [0.15, 0.2) is 0 Å². The Balaban J connectivity index is 2.98. The predicted molar refractivity (Wildman–Crippen MR) is 58.9 cm³/mol. The molecular weight excluding hydrogens is 245 g/mol. The van der Waals surface area contributed by atoms with Crippen molar-refractivity contribution in [1.82, 2.24) is 4.73 Å². The molecule has 0 spiro atoms. The van der Waals surface area contributed by atoms with Crippen molar-refractivity contribution < 1.29 is 18.0 Å². The van der Waals surface area contributed by atoms with Crippen LogP contribution in [0.1, 0.15) is 16.8 Å². The summed E-state index contributed by atoms with van der Waals surface area (Å²) in [7, 11) is 1.26. The van der Waals surface area contributed by atoms with E-state index < -0.39 is 11.7 Å². The number of aromatic nitrogens is 1. The number of nitrogens with zero attached hydrogens (tertiary/aromatic N) is 2. The molecule has 0 fully saturated rings. The normalized spacial score (nSPS) is 11.6. The Morgan fingerprint density at radius 1 is 1.33 bits per heavy atom. The van der Waals surface area contributed by atoms with Crippen LogP contribution in [0, 0.1) is 18.3 Å². The molecule has 0 aliphatic heterocycles. The smallest absolute Gasteiger partial charge is 0.417 e. The molecule has 0 unspecified atom stereocenters. The molecular formula is C12H9F3N2O. The molecule has 94 valence electrons. The number of nitriles is 1. The van der Waals surface area contributed by atoms with E-state index >= 15 is 0 Å². The molecule has 0 amide bonds. The SMILES string of the molecule is COn1c(C)c(C#N)c2cccc(C(F)(F)F)c21. The lowest BCUT2D eigenvalue weighted by Gasteiger charge is -2.11. The summed E-state index contributed by atoms with van der Waals surface area (Å²) >= 11 is 0. The summed E-state index contributed by atoms with van der Waals surface area (Å²) in [6.07, 6.45) is -4.49. The number of rotatable bonds is 1. The Hall–Kier alpha value is -2.16. The Morgan fingerprint density at radius 2 is 2.00 bits per heavy atom. The minimum Gasteiger partial charge on any atom is -0.417 e. The van der Waals surface area contributed by atoms with Crippen molar-refractivity contribution in [3.63, 3.8) is 0 Å². The molecule has 18 heavy (non-hydrogen) atoms. The van der Waals surface area contributed by atoms with Gasteiger partial charge in [0.25, 0.3) is 0 Å². The molecule has 0 aliphatic rings. The Bertz CT molecular complexity index is 650. The zero-order valence-corrected chi connectivity index (χ0v) is 9.67. The maximum atomic E-state index is 12.9. The number of halogens is 3. The molecule has 0 saturated heterocycles. The first-order valence-electron chi connectivity index (χ1n) is 5.07. The van der Waals surface area contributed by atoms with Gasteiger partial charge in [0.2, 0.25) is 0 Å². The fraction of sp³-hybridized carbons (Fsp3) is 0.250. The highest BCUT2D eigenvalue weighted by Gasteiger charge is 2.35. The average Bonchev–Trinajstić information content (AvgIpc) is 2.58. The van der Waals surface area contributed by atoms with Gasteiger partial charge in [-0.05, 0) is 13.0 Å². The van der Waals surface area contributed by atoms with E-state index in [1.54, 1.807) is 6.92 Å². The van der Waals surface area contributed by atoms with Gasteiger partial charge < -0.3 is 4.84 Å². The van der Waals surface area contributed by atoms with E-state index in [1.165, 1.54) is 19.2 Å². The molecule has 0 radical (unpaired) electrons. The number of alkyl halides is 3. The van der Waals surface area contributed by atoms with Gasteiger partial charge >= 0.3 is 6.18 Å². The second-order valence-corrected chi connectivity index (χ2v) is 3.75. The van der Waals surface area contributed by atoms with Crippen LogP contribution in [0.25, 0.3) is 10.9 Å². The second kappa shape index (κ2) is 3.95. The van der Waals surface area contributed by atoms with Crippen LogP contribution in [0.3, 0.4) is 0 Å². The van der Waals surface area contributed by atoms with Gasteiger partial charge in [-0.25, -0.2) is 0 Å². The first-order chi connectivity index (χ1) is 8.41. The van der Waals surface area contributed by atoms with Gasteiger partial charge in [-0.2, -0.15) is 23.2 Å². The van der Waals surface area contributed by atoms with Crippen LogP contribution in [-0.4, -0.2) is 11.8 Å². The van der Waals surface area contributed by atoms with E-state index in [0.29, 0.717) is 5.69 Å². The van der Waals surface area contributed by atoms with E-state index in [-0.39, 0.29) is 16.5 Å². The van der Waals surface area contributed by atoms with Crippen LogP contribution >= 0.6 is 0 Å². The maximum absolute atomic E-state index is 12.9. The van der Waals surface area contributed by atoms with Crippen LogP contribution in [-0.2, 0) is 6.18 Å². The maximum Gasteiger partial charge on any atom is 0.418 e.